The summed E-state index contributed by atoms with van der Waals surface area (Å²) in [7, 11) is 0. The van der Waals surface area contributed by atoms with Crippen LogP contribution in [-0.2, 0) is 24.3 Å². The molecule has 1 amide bonds. The summed E-state index contributed by atoms with van der Waals surface area (Å²) in [4.78, 5) is 39.1. The summed E-state index contributed by atoms with van der Waals surface area (Å²) in [6.45, 7) is 5.84. The molecule has 3 aromatic heterocycles. The minimum absolute atomic E-state index is 0.109. The van der Waals surface area contributed by atoms with Crippen molar-refractivity contribution in [3.05, 3.63) is 54.7 Å². The van der Waals surface area contributed by atoms with Crippen molar-refractivity contribution in [3.8, 4) is 0 Å². The molecule has 0 aliphatic heterocycles. The fourth-order valence-electron chi connectivity index (χ4n) is 2.76. The average Bonchev–Trinajstić information content (AvgIpc) is 3.21. The summed E-state index contributed by atoms with van der Waals surface area (Å²) in [5, 5.41) is 6.60. The van der Waals surface area contributed by atoms with Gasteiger partial charge >= 0.3 is 5.69 Å². The molecule has 0 bridgehead atoms. The fraction of sp³-hybridized carbons (Fsp3) is 0.389. The van der Waals surface area contributed by atoms with Gasteiger partial charge in [-0.25, -0.2) is 4.79 Å². The van der Waals surface area contributed by atoms with Crippen molar-refractivity contribution in [3.63, 3.8) is 0 Å². The van der Waals surface area contributed by atoms with Crippen LogP contribution in [-0.4, -0.2) is 20.6 Å². The van der Waals surface area contributed by atoms with Gasteiger partial charge in [-0.3, -0.25) is 18.7 Å². The standard InChI is InChI=1S/C18H21N3O3S2/c1-18(2,3)19-14(22)11-21-13-7-10-26-15(13)16(23)20(17(21)24)8-6-12-5-4-9-25-12/h4-5,7,9-10H,6,8,11H2,1-3H3,(H,19,22). The van der Waals surface area contributed by atoms with Gasteiger partial charge in [0.05, 0.1) is 5.52 Å². The molecular formula is C18H21N3O3S2. The Morgan fingerprint density at radius 2 is 1.88 bits per heavy atom. The van der Waals surface area contributed by atoms with E-state index in [4.69, 9.17) is 0 Å². The molecule has 0 radical (unpaired) electrons. The van der Waals surface area contributed by atoms with Crippen molar-refractivity contribution < 1.29 is 4.79 Å². The largest absolute Gasteiger partial charge is 0.350 e. The maximum Gasteiger partial charge on any atom is 0.332 e. The number of rotatable bonds is 5. The van der Waals surface area contributed by atoms with E-state index in [1.165, 1.54) is 20.5 Å². The van der Waals surface area contributed by atoms with E-state index in [0.29, 0.717) is 23.2 Å². The van der Waals surface area contributed by atoms with E-state index in [-0.39, 0.29) is 23.6 Å². The first-order chi connectivity index (χ1) is 12.3. The molecule has 0 saturated carbocycles. The molecule has 0 saturated heterocycles. The monoisotopic (exact) mass is 391 g/mol. The number of carbonyl (C=O) groups excluding carboxylic acids is 1. The minimum atomic E-state index is -0.443. The van der Waals surface area contributed by atoms with Gasteiger partial charge in [-0.15, -0.1) is 22.7 Å². The summed E-state index contributed by atoms with van der Waals surface area (Å²) >= 11 is 2.89. The van der Waals surface area contributed by atoms with Gasteiger partial charge in [0, 0.05) is 17.0 Å². The third-order valence-electron chi connectivity index (χ3n) is 3.81. The number of aromatic nitrogens is 2. The number of hydrogen-bond acceptors (Lipinski definition) is 5. The third kappa shape index (κ3) is 3.96. The number of thiophene rings is 2. The van der Waals surface area contributed by atoms with Crippen LogP contribution < -0.4 is 16.6 Å². The van der Waals surface area contributed by atoms with Gasteiger partial charge in [-0.2, -0.15) is 0 Å². The maximum atomic E-state index is 12.9. The molecule has 0 spiro atoms. The van der Waals surface area contributed by atoms with Gasteiger partial charge in [0.15, 0.2) is 0 Å². The number of hydrogen-bond donors (Lipinski definition) is 1. The number of carbonyl (C=O) groups is 1. The Morgan fingerprint density at radius 3 is 2.54 bits per heavy atom. The Labute approximate surface area is 158 Å². The Balaban J connectivity index is 1.99. The van der Waals surface area contributed by atoms with Crippen LogP contribution in [0.15, 0.2) is 38.5 Å². The van der Waals surface area contributed by atoms with Crippen molar-refractivity contribution in [2.75, 3.05) is 0 Å². The van der Waals surface area contributed by atoms with Crippen LogP contribution in [0.2, 0.25) is 0 Å². The second-order valence-corrected chi connectivity index (χ2v) is 9.04. The number of nitrogens with one attached hydrogen (secondary N) is 1. The van der Waals surface area contributed by atoms with E-state index in [1.807, 2.05) is 38.3 Å². The molecule has 3 heterocycles. The summed E-state index contributed by atoms with van der Waals surface area (Å²) in [6, 6.07) is 5.64. The van der Waals surface area contributed by atoms with E-state index in [9.17, 15) is 14.4 Å². The lowest BCUT2D eigenvalue weighted by molar-refractivity contribution is -0.123. The van der Waals surface area contributed by atoms with Crippen LogP contribution in [0, 0.1) is 0 Å². The number of nitrogens with zero attached hydrogens (tertiary/aromatic N) is 2. The van der Waals surface area contributed by atoms with Crippen LogP contribution in [0.25, 0.3) is 10.2 Å². The maximum absolute atomic E-state index is 12.9. The van der Waals surface area contributed by atoms with E-state index in [2.05, 4.69) is 5.32 Å². The lowest BCUT2D eigenvalue weighted by Gasteiger charge is -2.21. The van der Waals surface area contributed by atoms with E-state index < -0.39 is 5.69 Å². The van der Waals surface area contributed by atoms with Crippen LogP contribution >= 0.6 is 22.7 Å². The predicted octanol–water partition coefficient (Wildman–Crippen LogP) is 2.44. The Morgan fingerprint density at radius 1 is 1.12 bits per heavy atom. The van der Waals surface area contributed by atoms with Gasteiger partial charge in [0.2, 0.25) is 5.91 Å². The fourth-order valence-corrected chi connectivity index (χ4v) is 4.30. The SMILES string of the molecule is CC(C)(C)NC(=O)Cn1c(=O)n(CCc2cccs2)c(=O)c2sccc21. The molecule has 26 heavy (non-hydrogen) atoms. The van der Waals surface area contributed by atoms with E-state index >= 15 is 0 Å². The van der Waals surface area contributed by atoms with Crippen molar-refractivity contribution in [1.82, 2.24) is 14.5 Å². The van der Waals surface area contributed by atoms with Crippen molar-refractivity contribution in [2.45, 2.75) is 45.8 Å². The molecule has 0 atom stereocenters. The summed E-state index contributed by atoms with van der Waals surface area (Å²) in [5.74, 6) is -0.254. The third-order valence-corrected chi connectivity index (χ3v) is 5.64. The quantitative estimate of drug-likeness (QED) is 0.726. The van der Waals surface area contributed by atoms with Crippen LogP contribution in [0.5, 0.6) is 0 Å². The molecule has 3 rings (SSSR count). The number of amides is 1. The first kappa shape index (κ1) is 18.6. The molecule has 0 aromatic carbocycles. The molecule has 138 valence electrons. The average molecular weight is 392 g/mol. The highest BCUT2D eigenvalue weighted by Crippen LogP contribution is 2.16. The predicted molar refractivity (Wildman–Crippen MR) is 106 cm³/mol. The van der Waals surface area contributed by atoms with Crippen molar-refractivity contribution in [1.29, 1.82) is 0 Å². The first-order valence-electron chi connectivity index (χ1n) is 8.30. The normalized spacial score (nSPS) is 11.8. The lowest BCUT2D eigenvalue weighted by Crippen LogP contribution is -2.46. The van der Waals surface area contributed by atoms with Gasteiger partial charge in [0.25, 0.3) is 5.56 Å². The summed E-state index contributed by atoms with van der Waals surface area (Å²) in [5.41, 5.74) is -0.603. The van der Waals surface area contributed by atoms with E-state index in [0.717, 1.165) is 4.88 Å². The van der Waals surface area contributed by atoms with Crippen LogP contribution in [0.1, 0.15) is 25.6 Å². The Bertz CT molecular complexity index is 1040. The molecular weight excluding hydrogens is 370 g/mol. The molecule has 0 fully saturated rings. The first-order valence-corrected chi connectivity index (χ1v) is 10.1. The van der Waals surface area contributed by atoms with Gasteiger partial charge in [-0.1, -0.05) is 6.07 Å². The molecule has 8 heteroatoms. The zero-order valence-electron chi connectivity index (χ0n) is 14.9. The zero-order valence-corrected chi connectivity index (χ0v) is 16.6. The molecule has 0 aliphatic carbocycles. The zero-order chi connectivity index (χ0) is 18.9. The highest BCUT2D eigenvalue weighted by Gasteiger charge is 2.19. The number of aryl methyl sites for hydroxylation is 1. The highest BCUT2D eigenvalue weighted by molar-refractivity contribution is 7.17. The Kier molecular flexibility index (Phi) is 5.15. The summed E-state index contributed by atoms with van der Waals surface area (Å²) in [6.07, 6.45) is 0.609. The molecule has 3 aromatic rings. The second-order valence-electron chi connectivity index (χ2n) is 7.09. The molecule has 0 aliphatic rings. The van der Waals surface area contributed by atoms with Gasteiger partial charge < -0.3 is 5.32 Å². The molecule has 6 nitrogen and oxygen atoms in total. The second kappa shape index (κ2) is 7.20. The summed E-state index contributed by atoms with van der Waals surface area (Å²) < 4.78 is 3.13. The highest BCUT2D eigenvalue weighted by atomic mass is 32.1. The smallest absolute Gasteiger partial charge is 0.332 e. The Hall–Kier alpha value is -2.19. The van der Waals surface area contributed by atoms with Gasteiger partial charge in [-0.05, 0) is 50.1 Å². The minimum Gasteiger partial charge on any atom is -0.350 e. The van der Waals surface area contributed by atoms with Crippen LogP contribution in [0.3, 0.4) is 0 Å². The number of fused-ring (bicyclic) bond motifs is 1. The van der Waals surface area contributed by atoms with Crippen LogP contribution in [0.4, 0.5) is 0 Å². The van der Waals surface area contributed by atoms with Crippen molar-refractivity contribution >= 4 is 38.8 Å². The van der Waals surface area contributed by atoms with Gasteiger partial charge in [0.1, 0.15) is 11.2 Å². The lowest BCUT2D eigenvalue weighted by atomic mass is 10.1. The van der Waals surface area contributed by atoms with Crippen molar-refractivity contribution in [2.24, 2.45) is 0 Å². The van der Waals surface area contributed by atoms with E-state index in [1.54, 1.807) is 22.8 Å². The molecule has 1 N–H and O–H groups in total. The molecule has 0 unspecified atom stereocenters. The topological polar surface area (TPSA) is 73.1 Å².